The summed E-state index contributed by atoms with van der Waals surface area (Å²) < 4.78 is 0. The van der Waals surface area contributed by atoms with Gasteiger partial charge in [-0.15, -0.1) is 12.4 Å². The standard InChI is InChI=1S/C15H28N4O2.ClH/c16-9-11-5-4-8-13(11)19-14(20)10-17-15(21)18-12-6-2-1-3-7-12;/h11-13H,1-10,16H2,(H,19,20)(H2,17,18,21);1H. The fourth-order valence-corrected chi connectivity index (χ4v) is 3.41. The molecule has 0 heterocycles. The molecule has 0 saturated heterocycles. The normalized spacial score (nSPS) is 25.1. The maximum absolute atomic E-state index is 11.9. The summed E-state index contributed by atoms with van der Waals surface area (Å²) in [5.41, 5.74) is 5.70. The van der Waals surface area contributed by atoms with Crippen LogP contribution in [0.4, 0.5) is 4.79 Å². The van der Waals surface area contributed by atoms with E-state index < -0.39 is 0 Å². The number of rotatable bonds is 5. The zero-order valence-electron chi connectivity index (χ0n) is 13.1. The third kappa shape index (κ3) is 6.01. The minimum atomic E-state index is -0.237. The molecule has 0 aromatic carbocycles. The molecule has 3 amide bonds. The molecule has 2 saturated carbocycles. The first-order valence-corrected chi connectivity index (χ1v) is 8.23. The van der Waals surface area contributed by atoms with Crippen molar-refractivity contribution in [3.63, 3.8) is 0 Å². The Morgan fingerprint density at radius 2 is 1.68 bits per heavy atom. The van der Waals surface area contributed by atoms with Crippen molar-refractivity contribution in [2.45, 2.75) is 63.5 Å². The Balaban J connectivity index is 0.00000242. The van der Waals surface area contributed by atoms with Crippen LogP contribution < -0.4 is 21.7 Å². The molecule has 2 unspecified atom stereocenters. The highest BCUT2D eigenvalue weighted by atomic mass is 35.5. The van der Waals surface area contributed by atoms with Crippen molar-refractivity contribution < 1.29 is 9.59 Å². The third-order valence-corrected chi connectivity index (χ3v) is 4.66. The highest BCUT2D eigenvalue weighted by molar-refractivity contribution is 5.85. The smallest absolute Gasteiger partial charge is 0.315 e. The van der Waals surface area contributed by atoms with Gasteiger partial charge < -0.3 is 21.7 Å². The first kappa shape index (κ1) is 19.0. The first-order chi connectivity index (χ1) is 10.2. The molecule has 7 heteroatoms. The van der Waals surface area contributed by atoms with Gasteiger partial charge in [0.05, 0.1) is 6.54 Å². The summed E-state index contributed by atoms with van der Waals surface area (Å²) >= 11 is 0. The molecule has 128 valence electrons. The van der Waals surface area contributed by atoms with Crippen LogP contribution in [0.1, 0.15) is 51.4 Å². The average Bonchev–Trinajstić information content (AvgIpc) is 2.93. The van der Waals surface area contributed by atoms with Crippen molar-refractivity contribution in [3.05, 3.63) is 0 Å². The molecule has 2 rings (SSSR count). The molecule has 2 aliphatic rings. The molecule has 2 fully saturated rings. The predicted octanol–water partition coefficient (Wildman–Crippen LogP) is 1.28. The molecule has 0 aliphatic heterocycles. The van der Waals surface area contributed by atoms with E-state index in [1.165, 1.54) is 19.3 Å². The number of hydrogen-bond donors (Lipinski definition) is 4. The number of hydrogen-bond acceptors (Lipinski definition) is 3. The number of amides is 3. The van der Waals surface area contributed by atoms with Crippen molar-refractivity contribution in [1.29, 1.82) is 0 Å². The lowest BCUT2D eigenvalue weighted by Gasteiger charge is -2.23. The van der Waals surface area contributed by atoms with E-state index in [0.717, 1.165) is 32.1 Å². The highest BCUT2D eigenvalue weighted by Gasteiger charge is 2.27. The second-order valence-corrected chi connectivity index (χ2v) is 6.26. The number of nitrogens with two attached hydrogens (primary N) is 1. The fourth-order valence-electron chi connectivity index (χ4n) is 3.41. The summed E-state index contributed by atoms with van der Waals surface area (Å²) in [5.74, 6) is 0.254. The minimum absolute atomic E-state index is 0. The molecule has 0 bridgehead atoms. The van der Waals surface area contributed by atoms with E-state index in [4.69, 9.17) is 5.73 Å². The molecular formula is C15H29ClN4O2. The van der Waals surface area contributed by atoms with E-state index in [2.05, 4.69) is 16.0 Å². The lowest BCUT2D eigenvalue weighted by atomic mass is 9.96. The lowest BCUT2D eigenvalue weighted by Crippen LogP contribution is -2.48. The van der Waals surface area contributed by atoms with E-state index in [-0.39, 0.29) is 43.0 Å². The van der Waals surface area contributed by atoms with Gasteiger partial charge in [-0.05, 0) is 38.1 Å². The molecule has 2 aliphatic carbocycles. The average molecular weight is 333 g/mol. The van der Waals surface area contributed by atoms with E-state index in [1.54, 1.807) is 0 Å². The SMILES string of the molecule is Cl.NCC1CCCC1NC(=O)CNC(=O)NC1CCCCC1. The van der Waals surface area contributed by atoms with Crippen LogP contribution in [0.5, 0.6) is 0 Å². The molecule has 0 radical (unpaired) electrons. The topological polar surface area (TPSA) is 96.2 Å². The van der Waals surface area contributed by atoms with E-state index in [1.807, 2.05) is 0 Å². The van der Waals surface area contributed by atoms with Gasteiger partial charge in [-0.25, -0.2) is 4.79 Å². The molecule has 6 nitrogen and oxygen atoms in total. The number of carbonyl (C=O) groups is 2. The van der Waals surface area contributed by atoms with Crippen LogP contribution in [0.25, 0.3) is 0 Å². The number of carbonyl (C=O) groups excluding carboxylic acids is 2. The van der Waals surface area contributed by atoms with Gasteiger partial charge in [0.25, 0.3) is 0 Å². The fraction of sp³-hybridized carbons (Fsp3) is 0.867. The Morgan fingerprint density at radius 1 is 0.955 bits per heavy atom. The van der Waals surface area contributed by atoms with E-state index in [9.17, 15) is 9.59 Å². The summed E-state index contributed by atoms with van der Waals surface area (Å²) in [6, 6.07) is 0.197. The molecule has 22 heavy (non-hydrogen) atoms. The van der Waals surface area contributed by atoms with Crippen LogP contribution >= 0.6 is 12.4 Å². The van der Waals surface area contributed by atoms with Crippen LogP contribution in [0, 0.1) is 5.92 Å². The minimum Gasteiger partial charge on any atom is -0.352 e. The summed E-state index contributed by atoms with van der Waals surface area (Å²) in [5, 5.41) is 8.56. The Bertz CT molecular complexity index is 361. The molecule has 0 spiro atoms. The first-order valence-electron chi connectivity index (χ1n) is 8.23. The van der Waals surface area contributed by atoms with Crippen molar-refractivity contribution >= 4 is 24.3 Å². The Kier molecular flexibility index (Phi) is 8.56. The van der Waals surface area contributed by atoms with Crippen LogP contribution in [-0.4, -0.2) is 37.1 Å². The van der Waals surface area contributed by atoms with Crippen LogP contribution in [0.15, 0.2) is 0 Å². The van der Waals surface area contributed by atoms with Gasteiger partial charge in [0.15, 0.2) is 0 Å². The van der Waals surface area contributed by atoms with Gasteiger partial charge in [-0.1, -0.05) is 25.7 Å². The molecule has 0 aromatic rings. The maximum Gasteiger partial charge on any atom is 0.315 e. The van der Waals surface area contributed by atoms with Crippen LogP contribution in [0.3, 0.4) is 0 Å². The van der Waals surface area contributed by atoms with Crippen molar-refractivity contribution in [2.75, 3.05) is 13.1 Å². The molecule has 2 atom stereocenters. The molecule has 0 aromatic heterocycles. The van der Waals surface area contributed by atoms with Crippen molar-refractivity contribution in [3.8, 4) is 0 Å². The van der Waals surface area contributed by atoms with E-state index in [0.29, 0.717) is 12.5 Å². The zero-order valence-corrected chi connectivity index (χ0v) is 13.9. The summed E-state index contributed by atoms with van der Waals surface area (Å²) in [6.07, 6.45) is 8.87. The van der Waals surface area contributed by atoms with E-state index >= 15 is 0 Å². The van der Waals surface area contributed by atoms with Crippen LogP contribution in [-0.2, 0) is 4.79 Å². The van der Waals surface area contributed by atoms with Crippen molar-refractivity contribution in [2.24, 2.45) is 11.7 Å². The van der Waals surface area contributed by atoms with Gasteiger partial charge >= 0.3 is 6.03 Å². The summed E-state index contributed by atoms with van der Waals surface area (Å²) in [7, 11) is 0. The monoisotopic (exact) mass is 332 g/mol. The van der Waals surface area contributed by atoms with Gasteiger partial charge in [0.2, 0.25) is 5.91 Å². The summed E-state index contributed by atoms with van der Waals surface area (Å²) in [6.45, 7) is 0.646. The maximum atomic E-state index is 11.9. The highest BCUT2D eigenvalue weighted by Crippen LogP contribution is 2.24. The number of urea groups is 1. The second-order valence-electron chi connectivity index (χ2n) is 6.26. The summed E-state index contributed by atoms with van der Waals surface area (Å²) in [4.78, 5) is 23.6. The van der Waals surface area contributed by atoms with Gasteiger partial charge in [-0.3, -0.25) is 4.79 Å². The second kappa shape index (κ2) is 9.90. The largest absolute Gasteiger partial charge is 0.352 e. The van der Waals surface area contributed by atoms with Gasteiger partial charge in [-0.2, -0.15) is 0 Å². The zero-order chi connectivity index (χ0) is 15.1. The van der Waals surface area contributed by atoms with Crippen molar-refractivity contribution in [1.82, 2.24) is 16.0 Å². The quantitative estimate of drug-likeness (QED) is 0.610. The molecule has 5 N–H and O–H groups in total. The number of nitrogens with one attached hydrogen (secondary N) is 3. The Morgan fingerprint density at radius 3 is 2.36 bits per heavy atom. The third-order valence-electron chi connectivity index (χ3n) is 4.66. The lowest BCUT2D eigenvalue weighted by molar-refractivity contribution is -0.121. The van der Waals surface area contributed by atoms with Gasteiger partial charge in [0.1, 0.15) is 0 Å². The number of halogens is 1. The van der Waals surface area contributed by atoms with Gasteiger partial charge in [0, 0.05) is 12.1 Å². The molecular weight excluding hydrogens is 304 g/mol. The van der Waals surface area contributed by atoms with Crippen LogP contribution in [0.2, 0.25) is 0 Å². The Hall–Kier alpha value is -1.01. The Labute approximate surface area is 138 Å². The predicted molar refractivity (Wildman–Crippen MR) is 89.0 cm³/mol.